The van der Waals surface area contributed by atoms with E-state index in [1.165, 1.54) is 4.31 Å². The SMILES string of the molecule is C[C@H]1COCCN1S(=O)(=O)c1ccc2ncc(-c3ccc4scnc4c3)c(N)c2c1. The molecule has 0 aliphatic carbocycles. The van der Waals surface area contributed by atoms with Crippen LogP contribution < -0.4 is 5.73 Å². The van der Waals surface area contributed by atoms with E-state index in [0.717, 1.165) is 21.3 Å². The standard InChI is InChI=1S/C21H20N4O3S2/c1-13-11-28-7-6-25(13)30(26,27)15-3-4-18-16(9-15)21(22)17(10-23-18)14-2-5-20-19(8-14)24-12-29-20/h2-5,8-10,12-13H,6-7,11H2,1H3,(H2,22,23)/t13-/m0/s1. The van der Waals surface area contributed by atoms with Gasteiger partial charge in [-0.15, -0.1) is 11.3 Å². The molecule has 7 nitrogen and oxygen atoms in total. The number of benzene rings is 2. The van der Waals surface area contributed by atoms with Crippen LogP contribution in [0.15, 0.2) is 53.0 Å². The lowest BCUT2D eigenvalue weighted by molar-refractivity contribution is 0.0393. The molecule has 2 aromatic heterocycles. The fourth-order valence-corrected chi connectivity index (χ4v) is 6.10. The number of sulfonamides is 1. The molecule has 2 aromatic carbocycles. The van der Waals surface area contributed by atoms with Crippen molar-refractivity contribution in [2.45, 2.75) is 17.9 Å². The van der Waals surface area contributed by atoms with E-state index >= 15 is 0 Å². The zero-order valence-corrected chi connectivity index (χ0v) is 17.9. The normalized spacial score (nSPS) is 18.2. The fraction of sp³-hybridized carbons (Fsp3) is 0.238. The smallest absolute Gasteiger partial charge is 0.243 e. The van der Waals surface area contributed by atoms with Crippen molar-refractivity contribution in [3.05, 3.63) is 48.1 Å². The van der Waals surface area contributed by atoms with E-state index < -0.39 is 10.0 Å². The van der Waals surface area contributed by atoms with Crippen molar-refractivity contribution < 1.29 is 13.2 Å². The Hall–Kier alpha value is -2.59. The Kier molecular flexibility index (Phi) is 4.70. The minimum atomic E-state index is -3.66. The van der Waals surface area contributed by atoms with Gasteiger partial charge in [-0.25, -0.2) is 13.4 Å². The van der Waals surface area contributed by atoms with Gasteiger partial charge in [0.2, 0.25) is 10.0 Å². The zero-order chi connectivity index (χ0) is 20.9. The van der Waals surface area contributed by atoms with Gasteiger partial charge in [-0.1, -0.05) is 6.07 Å². The topological polar surface area (TPSA) is 98.4 Å². The monoisotopic (exact) mass is 440 g/mol. The third-order valence-corrected chi connectivity index (χ3v) is 8.26. The second-order valence-corrected chi connectivity index (χ2v) is 10.1. The molecule has 1 aliphatic heterocycles. The third kappa shape index (κ3) is 3.14. The number of hydrogen-bond donors (Lipinski definition) is 1. The van der Waals surface area contributed by atoms with Crippen molar-refractivity contribution in [1.82, 2.24) is 14.3 Å². The van der Waals surface area contributed by atoms with Crippen molar-refractivity contribution >= 4 is 48.2 Å². The van der Waals surface area contributed by atoms with Crippen LogP contribution in [0.1, 0.15) is 6.92 Å². The Balaban J connectivity index is 1.62. The first-order chi connectivity index (χ1) is 14.4. The number of pyridine rings is 1. The van der Waals surface area contributed by atoms with E-state index in [9.17, 15) is 8.42 Å². The molecule has 0 saturated carbocycles. The number of thiazole rings is 1. The largest absolute Gasteiger partial charge is 0.398 e. The first-order valence-corrected chi connectivity index (χ1v) is 11.9. The second kappa shape index (κ2) is 7.28. The number of anilines is 1. The summed E-state index contributed by atoms with van der Waals surface area (Å²) in [4.78, 5) is 9.09. The molecule has 5 rings (SSSR count). The number of fused-ring (bicyclic) bond motifs is 2. The minimum Gasteiger partial charge on any atom is -0.398 e. The molecule has 30 heavy (non-hydrogen) atoms. The maximum Gasteiger partial charge on any atom is 0.243 e. The number of rotatable bonds is 3. The maximum atomic E-state index is 13.2. The average molecular weight is 441 g/mol. The van der Waals surface area contributed by atoms with Crippen LogP contribution in [0.25, 0.3) is 32.2 Å². The molecule has 154 valence electrons. The summed E-state index contributed by atoms with van der Waals surface area (Å²) in [6.07, 6.45) is 1.73. The summed E-state index contributed by atoms with van der Waals surface area (Å²) in [6, 6.07) is 10.7. The van der Waals surface area contributed by atoms with Crippen LogP contribution >= 0.6 is 11.3 Å². The molecular weight excluding hydrogens is 420 g/mol. The van der Waals surface area contributed by atoms with Crippen LogP contribution in [0.2, 0.25) is 0 Å². The van der Waals surface area contributed by atoms with Crippen molar-refractivity contribution in [2.24, 2.45) is 0 Å². The summed E-state index contributed by atoms with van der Waals surface area (Å²) in [6.45, 7) is 2.97. The van der Waals surface area contributed by atoms with Gasteiger partial charge in [0.25, 0.3) is 0 Å². The van der Waals surface area contributed by atoms with Gasteiger partial charge in [0.15, 0.2) is 0 Å². The zero-order valence-electron chi connectivity index (χ0n) is 16.3. The first-order valence-electron chi connectivity index (χ1n) is 9.56. The number of nitrogens with two attached hydrogens (primary N) is 1. The predicted molar refractivity (Wildman–Crippen MR) is 119 cm³/mol. The fourth-order valence-electron chi connectivity index (χ4n) is 3.81. The van der Waals surface area contributed by atoms with E-state index in [2.05, 4.69) is 9.97 Å². The van der Waals surface area contributed by atoms with E-state index in [0.29, 0.717) is 36.3 Å². The van der Waals surface area contributed by atoms with E-state index in [4.69, 9.17) is 10.5 Å². The van der Waals surface area contributed by atoms with Gasteiger partial charge in [-0.2, -0.15) is 4.31 Å². The van der Waals surface area contributed by atoms with Crippen LogP contribution in [-0.4, -0.2) is 48.5 Å². The molecule has 0 amide bonds. The van der Waals surface area contributed by atoms with Crippen LogP contribution in [0.4, 0.5) is 5.69 Å². The summed E-state index contributed by atoms with van der Waals surface area (Å²) in [5.41, 5.74) is 12.0. The Morgan fingerprint density at radius 2 is 2.03 bits per heavy atom. The highest BCUT2D eigenvalue weighted by Gasteiger charge is 2.31. The van der Waals surface area contributed by atoms with Gasteiger partial charge in [-0.05, 0) is 42.8 Å². The van der Waals surface area contributed by atoms with E-state index in [1.54, 1.807) is 41.2 Å². The van der Waals surface area contributed by atoms with Gasteiger partial charge in [0.1, 0.15) is 0 Å². The van der Waals surface area contributed by atoms with Gasteiger partial charge in [-0.3, -0.25) is 4.98 Å². The molecule has 1 aliphatic rings. The lowest BCUT2D eigenvalue weighted by Crippen LogP contribution is -2.46. The van der Waals surface area contributed by atoms with Crippen molar-refractivity contribution in [2.75, 3.05) is 25.5 Å². The maximum absolute atomic E-state index is 13.2. The van der Waals surface area contributed by atoms with Crippen LogP contribution in [0, 0.1) is 0 Å². The number of nitrogen functional groups attached to an aromatic ring is 1. The Bertz CT molecular complexity index is 1370. The third-order valence-electron chi connectivity index (χ3n) is 5.44. The van der Waals surface area contributed by atoms with Crippen LogP contribution in [0.5, 0.6) is 0 Å². The van der Waals surface area contributed by atoms with E-state index in [1.807, 2.05) is 25.1 Å². The Labute approximate surface area is 178 Å². The molecule has 0 bridgehead atoms. The lowest BCUT2D eigenvalue weighted by Gasteiger charge is -2.32. The summed E-state index contributed by atoms with van der Waals surface area (Å²) < 4.78 is 34.4. The number of morpholine rings is 1. The highest BCUT2D eigenvalue weighted by molar-refractivity contribution is 7.89. The molecule has 9 heteroatoms. The number of nitrogens with zero attached hydrogens (tertiary/aromatic N) is 3. The molecule has 2 N–H and O–H groups in total. The summed E-state index contributed by atoms with van der Waals surface area (Å²) in [7, 11) is -3.66. The van der Waals surface area contributed by atoms with Gasteiger partial charge >= 0.3 is 0 Å². The first kappa shape index (κ1) is 19.4. The van der Waals surface area contributed by atoms with Crippen molar-refractivity contribution in [1.29, 1.82) is 0 Å². The summed E-state index contributed by atoms with van der Waals surface area (Å²) >= 11 is 1.58. The highest BCUT2D eigenvalue weighted by Crippen LogP contribution is 2.34. The van der Waals surface area contributed by atoms with Crippen LogP contribution in [0.3, 0.4) is 0 Å². The average Bonchev–Trinajstić information content (AvgIpc) is 3.22. The number of ether oxygens (including phenoxy) is 1. The molecular formula is C21H20N4O3S2. The number of aromatic nitrogens is 2. The molecule has 0 unspecified atom stereocenters. The van der Waals surface area contributed by atoms with Crippen LogP contribution in [-0.2, 0) is 14.8 Å². The molecule has 0 spiro atoms. The quantitative estimate of drug-likeness (QED) is 0.524. The molecule has 1 saturated heterocycles. The lowest BCUT2D eigenvalue weighted by atomic mass is 10.0. The van der Waals surface area contributed by atoms with E-state index in [-0.39, 0.29) is 10.9 Å². The molecule has 1 fully saturated rings. The highest BCUT2D eigenvalue weighted by atomic mass is 32.2. The molecule has 1 atom stereocenters. The summed E-state index contributed by atoms with van der Waals surface area (Å²) in [5, 5.41) is 0.618. The van der Waals surface area contributed by atoms with Gasteiger partial charge in [0.05, 0.1) is 45.0 Å². The van der Waals surface area contributed by atoms with Crippen molar-refractivity contribution in [3.63, 3.8) is 0 Å². The minimum absolute atomic E-state index is 0.212. The molecule has 3 heterocycles. The second-order valence-electron chi connectivity index (χ2n) is 7.34. The predicted octanol–water partition coefficient (Wildman–Crippen LogP) is 3.50. The number of hydrogen-bond acceptors (Lipinski definition) is 7. The molecule has 0 radical (unpaired) electrons. The van der Waals surface area contributed by atoms with Gasteiger partial charge < -0.3 is 10.5 Å². The molecule has 4 aromatic rings. The Morgan fingerprint density at radius 1 is 1.17 bits per heavy atom. The van der Waals surface area contributed by atoms with Gasteiger partial charge in [0, 0.05) is 29.7 Å². The van der Waals surface area contributed by atoms with Crippen molar-refractivity contribution in [3.8, 4) is 11.1 Å². The Morgan fingerprint density at radius 3 is 2.87 bits per heavy atom. The summed E-state index contributed by atoms with van der Waals surface area (Å²) in [5.74, 6) is 0.